The second-order valence-corrected chi connectivity index (χ2v) is 2.14. The van der Waals surface area contributed by atoms with Gasteiger partial charge in [0.2, 0.25) is 0 Å². The summed E-state index contributed by atoms with van der Waals surface area (Å²) in [6, 6.07) is 0. The Morgan fingerprint density at radius 2 is 1.27 bits per heavy atom. The molecule has 0 heterocycles. The Kier molecular flexibility index (Phi) is 4.50. The first-order valence-corrected chi connectivity index (χ1v) is 3.02. The summed E-state index contributed by atoms with van der Waals surface area (Å²) in [7, 11) is 0. The number of hydrogen-bond acceptors (Lipinski definition) is 6. The van der Waals surface area contributed by atoms with Crippen LogP contribution in [0, 0.1) is 0 Å². The SMILES string of the molecule is OCC(O)[C@@H](O)[C@H](O)C(O)O. The molecule has 0 fully saturated rings. The highest BCUT2D eigenvalue weighted by atomic mass is 16.5. The van der Waals surface area contributed by atoms with Crippen LogP contribution in [0.3, 0.4) is 0 Å². The van der Waals surface area contributed by atoms with E-state index in [1.165, 1.54) is 0 Å². The Bertz CT molecular complexity index is 105. The maximum absolute atomic E-state index is 8.78. The van der Waals surface area contributed by atoms with Crippen molar-refractivity contribution in [3.05, 3.63) is 0 Å². The largest absolute Gasteiger partial charge is 0.394 e. The second-order valence-electron chi connectivity index (χ2n) is 2.14. The third kappa shape index (κ3) is 3.10. The van der Waals surface area contributed by atoms with Crippen molar-refractivity contribution in [1.29, 1.82) is 0 Å². The number of aliphatic hydroxyl groups is 6. The van der Waals surface area contributed by atoms with Crippen LogP contribution >= 0.6 is 0 Å². The lowest BCUT2D eigenvalue weighted by Crippen LogP contribution is -2.45. The summed E-state index contributed by atoms with van der Waals surface area (Å²) in [6.07, 6.45) is -7.35. The highest BCUT2D eigenvalue weighted by molar-refractivity contribution is 4.75. The Balaban J connectivity index is 3.90. The van der Waals surface area contributed by atoms with Gasteiger partial charge in [-0.05, 0) is 0 Å². The predicted molar refractivity (Wildman–Crippen MR) is 33.3 cm³/mol. The molecule has 0 rings (SSSR count). The fourth-order valence-electron chi connectivity index (χ4n) is 0.512. The minimum atomic E-state index is -2.13. The van der Waals surface area contributed by atoms with Gasteiger partial charge in [-0.3, -0.25) is 0 Å². The first-order valence-electron chi connectivity index (χ1n) is 3.02. The standard InChI is InChI=1S/C5H12O6/c6-1-2(7)3(8)4(9)5(10)11/h2-11H,1H2/t2?,3-,4+/m1/s1. The van der Waals surface area contributed by atoms with E-state index in [1.807, 2.05) is 0 Å². The molecule has 0 aromatic heterocycles. The summed E-state index contributed by atoms with van der Waals surface area (Å²) in [5.74, 6) is 0. The van der Waals surface area contributed by atoms with E-state index in [0.717, 1.165) is 0 Å². The van der Waals surface area contributed by atoms with E-state index in [1.54, 1.807) is 0 Å². The van der Waals surface area contributed by atoms with Gasteiger partial charge in [-0.25, -0.2) is 0 Å². The molecule has 0 aromatic rings. The number of hydrogen-bond donors (Lipinski definition) is 6. The van der Waals surface area contributed by atoms with Crippen molar-refractivity contribution in [2.24, 2.45) is 0 Å². The van der Waals surface area contributed by atoms with Crippen LogP contribution in [0.25, 0.3) is 0 Å². The van der Waals surface area contributed by atoms with E-state index < -0.39 is 31.2 Å². The molecular formula is C5H12O6. The smallest absolute Gasteiger partial charge is 0.180 e. The molecule has 6 N–H and O–H groups in total. The third-order valence-electron chi connectivity index (χ3n) is 1.24. The van der Waals surface area contributed by atoms with Crippen LogP contribution in [0.15, 0.2) is 0 Å². The molecule has 0 spiro atoms. The molecule has 1 unspecified atom stereocenters. The molecule has 0 saturated carbocycles. The molecule has 0 bridgehead atoms. The lowest BCUT2D eigenvalue weighted by Gasteiger charge is -2.22. The predicted octanol–water partition coefficient (Wildman–Crippen LogP) is -3.63. The molecule has 0 saturated heterocycles. The van der Waals surface area contributed by atoms with E-state index in [0.29, 0.717) is 0 Å². The molecule has 6 heteroatoms. The van der Waals surface area contributed by atoms with Gasteiger partial charge in [-0.1, -0.05) is 0 Å². The molecule has 68 valence electrons. The van der Waals surface area contributed by atoms with Crippen LogP contribution in [0.2, 0.25) is 0 Å². The summed E-state index contributed by atoms with van der Waals surface area (Å²) in [6.45, 7) is -0.759. The van der Waals surface area contributed by atoms with Crippen LogP contribution in [0.5, 0.6) is 0 Å². The quantitative estimate of drug-likeness (QED) is 0.241. The number of aliphatic hydroxyl groups excluding tert-OH is 5. The Morgan fingerprint density at radius 3 is 1.55 bits per heavy atom. The van der Waals surface area contributed by atoms with Crippen molar-refractivity contribution < 1.29 is 30.6 Å². The lowest BCUT2D eigenvalue weighted by atomic mass is 10.1. The first-order chi connectivity index (χ1) is 5.00. The van der Waals surface area contributed by atoms with E-state index in [2.05, 4.69) is 0 Å². The van der Waals surface area contributed by atoms with E-state index in [-0.39, 0.29) is 0 Å². The van der Waals surface area contributed by atoms with Crippen molar-refractivity contribution in [2.45, 2.75) is 24.6 Å². The molecule has 0 aliphatic carbocycles. The zero-order valence-electron chi connectivity index (χ0n) is 5.70. The van der Waals surface area contributed by atoms with Crippen LogP contribution in [0.1, 0.15) is 0 Å². The fourth-order valence-corrected chi connectivity index (χ4v) is 0.512. The van der Waals surface area contributed by atoms with Crippen molar-refractivity contribution in [1.82, 2.24) is 0 Å². The van der Waals surface area contributed by atoms with Crippen LogP contribution in [0.4, 0.5) is 0 Å². The topological polar surface area (TPSA) is 121 Å². The van der Waals surface area contributed by atoms with E-state index in [9.17, 15) is 0 Å². The minimum absolute atomic E-state index is 0.759. The number of rotatable bonds is 4. The van der Waals surface area contributed by atoms with Gasteiger partial charge in [0.05, 0.1) is 6.61 Å². The molecule has 6 nitrogen and oxygen atoms in total. The highest BCUT2D eigenvalue weighted by Gasteiger charge is 2.28. The maximum atomic E-state index is 8.78. The molecule has 0 aliphatic heterocycles. The molecule has 0 aliphatic rings. The van der Waals surface area contributed by atoms with Gasteiger partial charge in [-0.15, -0.1) is 0 Å². The molecule has 0 radical (unpaired) electrons. The summed E-state index contributed by atoms with van der Waals surface area (Å²) >= 11 is 0. The van der Waals surface area contributed by atoms with Crippen LogP contribution < -0.4 is 0 Å². The second kappa shape index (κ2) is 4.60. The normalized spacial score (nSPS) is 19.9. The highest BCUT2D eigenvalue weighted by Crippen LogP contribution is 2.02. The van der Waals surface area contributed by atoms with Gasteiger partial charge < -0.3 is 30.6 Å². The summed E-state index contributed by atoms with van der Waals surface area (Å²) in [5, 5.41) is 50.9. The summed E-state index contributed by atoms with van der Waals surface area (Å²) < 4.78 is 0. The molecule has 0 amide bonds. The third-order valence-corrected chi connectivity index (χ3v) is 1.24. The van der Waals surface area contributed by atoms with Crippen LogP contribution in [-0.2, 0) is 0 Å². The maximum Gasteiger partial charge on any atom is 0.180 e. The molecular weight excluding hydrogens is 156 g/mol. The van der Waals surface area contributed by atoms with Crippen molar-refractivity contribution in [3.8, 4) is 0 Å². The zero-order chi connectivity index (χ0) is 9.02. The summed E-state index contributed by atoms with van der Waals surface area (Å²) in [4.78, 5) is 0. The Morgan fingerprint density at radius 1 is 0.818 bits per heavy atom. The molecule has 3 atom stereocenters. The molecule has 11 heavy (non-hydrogen) atoms. The average molecular weight is 168 g/mol. The molecule has 0 aromatic carbocycles. The monoisotopic (exact) mass is 168 g/mol. The van der Waals surface area contributed by atoms with Gasteiger partial charge >= 0.3 is 0 Å². The first kappa shape index (κ1) is 10.8. The Labute approximate surface area is 63.0 Å². The minimum Gasteiger partial charge on any atom is -0.394 e. The van der Waals surface area contributed by atoms with Crippen molar-refractivity contribution in [2.75, 3.05) is 6.61 Å². The zero-order valence-corrected chi connectivity index (χ0v) is 5.70. The fraction of sp³-hybridized carbons (Fsp3) is 1.00. The summed E-state index contributed by atoms with van der Waals surface area (Å²) in [5.41, 5.74) is 0. The van der Waals surface area contributed by atoms with Crippen LogP contribution in [-0.4, -0.2) is 61.8 Å². The van der Waals surface area contributed by atoms with Crippen molar-refractivity contribution >= 4 is 0 Å². The van der Waals surface area contributed by atoms with E-state index >= 15 is 0 Å². The van der Waals surface area contributed by atoms with Gasteiger partial charge in [0.1, 0.15) is 18.3 Å². The van der Waals surface area contributed by atoms with Gasteiger partial charge in [0, 0.05) is 0 Å². The van der Waals surface area contributed by atoms with Crippen molar-refractivity contribution in [3.63, 3.8) is 0 Å². The Hall–Kier alpha value is -0.240. The van der Waals surface area contributed by atoms with Gasteiger partial charge in [0.25, 0.3) is 0 Å². The van der Waals surface area contributed by atoms with E-state index in [4.69, 9.17) is 30.6 Å². The average Bonchev–Trinajstić information content (AvgIpc) is 2.00. The van der Waals surface area contributed by atoms with Gasteiger partial charge in [0.15, 0.2) is 6.29 Å². The van der Waals surface area contributed by atoms with Gasteiger partial charge in [-0.2, -0.15) is 0 Å². The lowest BCUT2D eigenvalue weighted by molar-refractivity contribution is -0.180.